The molecule has 0 spiro atoms. The Hall–Kier alpha value is 0.0400. The van der Waals surface area contributed by atoms with Crippen molar-refractivity contribution >= 4 is 29.1 Å². The van der Waals surface area contributed by atoms with Gasteiger partial charge in [0.1, 0.15) is 0 Å². The minimum Gasteiger partial charge on any atom is -0.363 e. The molecule has 1 atom stereocenters. The van der Waals surface area contributed by atoms with E-state index in [1.807, 2.05) is 11.8 Å². The molecule has 4 heteroatoms. The summed E-state index contributed by atoms with van der Waals surface area (Å²) in [5, 5.41) is 4.41. The van der Waals surface area contributed by atoms with Crippen LogP contribution in [0.2, 0.25) is 0 Å². The van der Waals surface area contributed by atoms with Gasteiger partial charge in [-0.15, -0.1) is 0 Å². The Labute approximate surface area is 116 Å². The lowest BCUT2D eigenvalue weighted by Gasteiger charge is -2.32. The van der Waals surface area contributed by atoms with Crippen LogP contribution in [0, 0.1) is 0 Å². The zero-order chi connectivity index (χ0) is 12.5. The fourth-order valence-electron chi connectivity index (χ4n) is 2.38. The Morgan fingerprint density at radius 1 is 1.41 bits per heavy atom. The third-order valence-corrected chi connectivity index (χ3v) is 4.49. The van der Waals surface area contributed by atoms with Crippen LogP contribution in [0.25, 0.3) is 0 Å². The smallest absolute Gasteiger partial charge is 0.169 e. The van der Waals surface area contributed by atoms with E-state index in [1.165, 1.54) is 44.3 Å². The van der Waals surface area contributed by atoms with Crippen LogP contribution < -0.4 is 5.32 Å². The SMILES string of the molecule is CCC1CCCCCN1C(=S)NCCCSC. The molecule has 100 valence electrons. The molecule has 1 N–H and O–H groups in total. The second-order valence-electron chi connectivity index (χ2n) is 4.68. The van der Waals surface area contributed by atoms with Gasteiger partial charge in [0, 0.05) is 19.1 Å². The number of thioether (sulfide) groups is 1. The first-order valence-electron chi connectivity index (χ1n) is 6.83. The van der Waals surface area contributed by atoms with E-state index in [9.17, 15) is 0 Å². The summed E-state index contributed by atoms with van der Waals surface area (Å²) >= 11 is 7.44. The van der Waals surface area contributed by atoms with Crippen LogP contribution in [-0.4, -0.2) is 41.2 Å². The fourth-order valence-corrected chi connectivity index (χ4v) is 3.16. The summed E-state index contributed by atoms with van der Waals surface area (Å²) in [6.45, 7) is 4.44. The molecule has 1 aliphatic rings. The van der Waals surface area contributed by atoms with Crippen LogP contribution in [-0.2, 0) is 0 Å². The summed E-state index contributed by atoms with van der Waals surface area (Å²) in [7, 11) is 0. The lowest BCUT2D eigenvalue weighted by atomic mass is 10.1. The molecule has 1 rings (SSSR count). The molecule has 1 aliphatic heterocycles. The molecule has 0 amide bonds. The summed E-state index contributed by atoms with van der Waals surface area (Å²) in [5.74, 6) is 1.22. The van der Waals surface area contributed by atoms with Crippen LogP contribution in [0.5, 0.6) is 0 Å². The number of nitrogens with zero attached hydrogens (tertiary/aromatic N) is 1. The number of rotatable bonds is 5. The van der Waals surface area contributed by atoms with Crippen molar-refractivity contribution < 1.29 is 0 Å². The van der Waals surface area contributed by atoms with Gasteiger partial charge in [0.25, 0.3) is 0 Å². The monoisotopic (exact) mass is 274 g/mol. The summed E-state index contributed by atoms with van der Waals surface area (Å²) in [5.41, 5.74) is 0. The summed E-state index contributed by atoms with van der Waals surface area (Å²) in [4.78, 5) is 2.43. The Kier molecular flexibility index (Phi) is 8.02. The molecule has 2 nitrogen and oxygen atoms in total. The molecule has 1 saturated heterocycles. The minimum absolute atomic E-state index is 0.665. The van der Waals surface area contributed by atoms with Crippen molar-refractivity contribution in [3.63, 3.8) is 0 Å². The van der Waals surface area contributed by atoms with E-state index in [4.69, 9.17) is 12.2 Å². The maximum atomic E-state index is 5.54. The summed E-state index contributed by atoms with van der Waals surface area (Å²) in [6.07, 6.45) is 9.90. The average molecular weight is 274 g/mol. The van der Waals surface area contributed by atoms with Gasteiger partial charge < -0.3 is 10.2 Å². The van der Waals surface area contributed by atoms with Gasteiger partial charge in [-0.25, -0.2) is 0 Å². The lowest BCUT2D eigenvalue weighted by Crippen LogP contribution is -2.45. The van der Waals surface area contributed by atoms with E-state index in [0.29, 0.717) is 6.04 Å². The third-order valence-electron chi connectivity index (χ3n) is 3.41. The molecule has 17 heavy (non-hydrogen) atoms. The third kappa shape index (κ3) is 5.47. The van der Waals surface area contributed by atoms with Gasteiger partial charge >= 0.3 is 0 Å². The van der Waals surface area contributed by atoms with Gasteiger partial charge in [-0.05, 0) is 49.9 Å². The predicted molar refractivity (Wildman–Crippen MR) is 82.9 cm³/mol. The molecule has 0 aliphatic carbocycles. The maximum absolute atomic E-state index is 5.54. The quantitative estimate of drug-likeness (QED) is 0.611. The average Bonchev–Trinajstić information content (AvgIpc) is 2.59. The first-order valence-corrected chi connectivity index (χ1v) is 8.63. The molecule has 0 saturated carbocycles. The highest BCUT2D eigenvalue weighted by Crippen LogP contribution is 2.19. The van der Waals surface area contributed by atoms with Crippen LogP contribution in [0.3, 0.4) is 0 Å². The second-order valence-corrected chi connectivity index (χ2v) is 6.06. The number of nitrogens with one attached hydrogen (secondary N) is 1. The van der Waals surface area contributed by atoms with Crippen molar-refractivity contribution in [2.24, 2.45) is 0 Å². The highest BCUT2D eigenvalue weighted by atomic mass is 32.2. The van der Waals surface area contributed by atoms with Crippen molar-refractivity contribution in [2.75, 3.05) is 25.1 Å². The number of thiocarbonyl (C=S) groups is 1. The normalized spacial score (nSPS) is 21.1. The molecule has 1 heterocycles. The van der Waals surface area contributed by atoms with Crippen molar-refractivity contribution in [1.29, 1.82) is 0 Å². The molecule has 1 fully saturated rings. The summed E-state index contributed by atoms with van der Waals surface area (Å²) in [6, 6.07) is 0.665. The predicted octanol–water partition coefficient (Wildman–Crippen LogP) is 3.27. The van der Waals surface area contributed by atoms with Gasteiger partial charge in [-0.3, -0.25) is 0 Å². The van der Waals surface area contributed by atoms with E-state index in [0.717, 1.165) is 18.2 Å². The molecular weight excluding hydrogens is 248 g/mol. The zero-order valence-electron chi connectivity index (χ0n) is 11.2. The van der Waals surface area contributed by atoms with E-state index in [-0.39, 0.29) is 0 Å². The fraction of sp³-hybridized carbons (Fsp3) is 0.923. The first kappa shape index (κ1) is 15.1. The van der Waals surface area contributed by atoms with Gasteiger partial charge in [0.05, 0.1) is 0 Å². The van der Waals surface area contributed by atoms with Crippen molar-refractivity contribution in [3.8, 4) is 0 Å². The Bertz CT molecular complexity index is 221. The van der Waals surface area contributed by atoms with Crippen LogP contribution in [0.1, 0.15) is 45.4 Å². The molecule has 1 unspecified atom stereocenters. The molecule has 0 radical (unpaired) electrons. The Balaban J connectivity index is 2.35. The van der Waals surface area contributed by atoms with E-state index in [1.54, 1.807) is 0 Å². The van der Waals surface area contributed by atoms with Gasteiger partial charge in [0.2, 0.25) is 0 Å². The van der Waals surface area contributed by atoms with Gasteiger partial charge in [0.15, 0.2) is 5.11 Å². The molecule has 0 aromatic heterocycles. The van der Waals surface area contributed by atoms with E-state index in [2.05, 4.69) is 23.4 Å². The minimum atomic E-state index is 0.665. The Morgan fingerprint density at radius 3 is 2.94 bits per heavy atom. The number of likely N-dealkylation sites (tertiary alicyclic amines) is 1. The van der Waals surface area contributed by atoms with Crippen molar-refractivity contribution in [1.82, 2.24) is 10.2 Å². The van der Waals surface area contributed by atoms with Crippen LogP contribution >= 0.6 is 24.0 Å². The number of hydrogen-bond acceptors (Lipinski definition) is 2. The summed E-state index contributed by atoms with van der Waals surface area (Å²) < 4.78 is 0. The van der Waals surface area contributed by atoms with Crippen LogP contribution in [0.15, 0.2) is 0 Å². The Morgan fingerprint density at radius 2 is 2.24 bits per heavy atom. The van der Waals surface area contributed by atoms with E-state index >= 15 is 0 Å². The molecule has 0 aromatic rings. The van der Waals surface area contributed by atoms with Crippen molar-refractivity contribution in [3.05, 3.63) is 0 Å². The highest BCUT2D eigenvalue weighted by molar-refractivity contribution is 7.98. The van der Waals surface area contributed by atoms with Crippen LogP contribution in [0.4, 0.5) is 0 Å². The lowest BCUT2D eigenvalue weighted by molar-refractivity contribution is 0.303. The molecule has 0 aromatic carbocycles. The van der Waals surface area contributed by atoms with Crippen molar-refractivity contribution in [2.45, 2.75) is 51.5 Å². The standard InChI is InChI=1S/C13H26N2S2/c1-3-12-8-5-4-6-10-15(12)13(16)14-9-7-11-17-2/h12H,3-11H2,1-2H3,(H,14,16). The number of hydrogen-bond donors (Lipinski definition) is 1. The van der Waals surface area contributed by atoms with Gasteiger partial charge in [-0.1, -0.05) is 19.8 Å². The molecule has 0 bridgehead atoms. The van der Waals surface area contributed by atoms with E-state index < -0.39 is 0 Å². The largest absolute Gasteiger partial charge is 0.363 e. The van der Waals surface area contributed by atoms with Gasteiger partial charge in [-0.2, -0.15) is 11.8 Å². The highest BCUT2D eigenvalue weighted by Gasteiger charge is 2.21. The topological polar surface area (TPSA) is 15.3 Å². The zero-order valence-corrected chi connectivity index (χ0v) is 12.8. The first-order chi connectivity index (χ1) is 8.29. The second kappa shape index (κ2) is 9.03. The maximum Gasteiger partial charge on any atom is 0.169 e. The molecular formula is C13H26N2S2.